The fourth-order valence-corrected chi connectivity index (χ4v) is 2.32. The fraction of sp³-hybridized carbons (Fsp3) is 0.143. The average Bonchev–Trinajstić information content (AvgIpc) is 2.67. The first-order valence-corrected chi connectivity index (χ1v) is 8.22. The van der Waals surface area contributed by atoms with Gasteiger partial charge in [0.1, 0.15) is 17.8 Å². The van der Waals surface area contributed by atoms with Gasteiger partial charge in [0.25, 0.3) is 0 Å². The second-order valence-corrected chi connectivity index (χ2v) is 5.46. The first-order chi connectivity index (χ1) is 12.3. The molecule has 0 aliphatic rings. The zero-order valence-corrected chi connectivity index (χ0v) is 13.8. The zero-order valence-electron chi connectivity index (χ0n) is 13.8. The quantitative estimate of drug-likeness (QED) is 0.434. The van der Waals surface area contributed by atoms with Crippen molar-refractivity contribution >= 4 is 6.29 Å². The standard InChI is InChI=1S/C21H19NO3/c23-15-4-5-16-24-18-13-11-17(12-14-18)20-9-6-10-21(22-20)25-19-7-2-1-3-8-19/h1-3,6-15H,4-5,16H2. The lowest BCUT2D eigenvalue weighted by molar-refractivity contribution is -0.108. The van der Waals surface area contributed by atoms with Crippen molar-refractivity contribution in [2.75, 3.05) is 6.61 Å². The van der Waals surface area contributed by atoms with E-state index in [2.05, 4.69) is 4.98 Å². The summed E-state index contributed by atoms with van der Waals surface area (Å²) in [4.78, 5) is 14.8. The molecule has 0 radical (unpaired) electrons. The number of aromatic nitrogens is 1. The third-order valence-electron chi connectivity index (χ3n) is 3.57. The molecule has 126 valence electrons. The number of aldehydes is 1. The molecule has 0 saturated carbocycles. The SMILES string of the molecule is O=CCCCOc1ccc(-c2cccc(Oc3ccccc3)n2)cc1. The van der Waals surface area contributed by atoms with Crippen molar-refractivity contribution in [2.45, 2.75) is 12.8 Å². The Kier molecular flexibility index (Phi) is 5.77. The highest BCUT2D eigenvalue weighted by atomic mass is 16.5. The molecule has 0 N–H and O–H groups in total. The lowest BCUT2D eigenvalue weighted by Gasteiger charge is -2.08. The van der Waals surface area contributed by atoms with Crippen molar-refractivity contribution in [1.82, 2.24) is 4.98 Å². The molecule has 3 aromatic rings. The molecule has 0 atom stereocenters. The molecule has 3 rings (SSSR count). The van der Waals surface area contributed by atoms with Gasteiger partial charge < -0.3 is 14.3 Å². The molecule has 0 amide bonds. The number of ether oxygens (including phenoxy) is 2. The zero-order chi connectivity index (χ0) is 17.3. The fourth-order valence-electron chi connectivity index (χ4n) is 2.32. The van der Waals surface area contributed by atoms with Gasteiger partial charge in [-0.3, -0.25) is 0 Å². The summed E-state index contributed by atoms with van der Waals surface area (Å²) in [6, 6.07) is 23.0. The third-order valence-corrected chi connectivity index (χ3v) is 3.57. The van der Waals surface area contributed by atoms with E-state index in [9.17, 15) is 4.79 Å². The summed E-state index contributed by atoms with van der Waals surface area (Å²) in [5.41, 5.74) is 1.82. The Morgan fingerprint density at radius 1 is 0.840 bits per heavy atom. The van der Waals surface area contributed by atoms with Crippen LogP contribution in [0.5, 0.6) is 17.4 Å². The van der Waals surface area contributed by atoms with E-state index in [1.165, 1.54) is 0 Å². The Morgan fingerprint density at radius 3 is 2.40 bits per heavy atom. The van der Waals surface area contributed by atoms with Crippen molar-refractivity contribution in [3.8, 4) is 28.6 Å². The van der Waals surface area contributed by atoms with E-state index in [1.807, 2.05) is 72.8 Å². The average molecular weight is 333 g/mol. The van der Waals surface area contributed by atoms with Gasteiger partial charge in [0.15, 0.2) is 0 Å². The lowest BCUT2D eigenvalue weighted by atomic mass is 10.1. The molecule has 1 aromatic heterocycles. The second kappa shape index (κ2) is 8.64. The van der Waals surface area contributed by atoms with Crippen LogP contribution in [0.25, 0.3) is 11.3 Å². The first-order valence-electron chi connectivity index (χ1n) is 8.22. The lowest BCUT2D eigenvalue weighted by Crippen LogP contribution is -1.97. The van der Waals surface area contributed by atoms with Gasteiger partial charge in [-0.2, -0.15) is 0 Å². The van der Waals surface area contributed by atoms with E-state index < -0.39 is 0 Å². The Morgan fingerprint density at radius 2 is 1.64 bits per heavy atom. The Hall–Kier alpha value is -3.14. The monoisotopic (exact) mass is 333 g/mol. The number of carbonyl (C=O) groups excluding carboxylic acids is 1. The molecule has 0 aliphatic heterocycles. The number of carbonyl (C=O) groups is 1. The number of pyridine rings is 1. The molecule has 1 heterocycles. The topological polar surface area (TPSA) is 48.4 Å². The van der Waals surface area contributed by atoms with Gasteiger partial charge in [-0.25, -0.2) is 4.98 Å². The van der Waals surface area contributed by atoms with E-state index in [-0.39, 0.29) is 0 Å². The number of hydrogen-bond donors (Lipinski definition) is 0. The van der Waals surface area contributed by atoms with Gasteiger partial charge in [0, 0.05) is 18.1 Å². The van der Waals surface area contributed by atoms with E-state index >= 15 is 0 Å². The van der Waals surface area contributed by atoms with Crippen LogP contribution in [0, 0.1) is 0 Å². The second-order valence-electron chi connectivity index (χ2n) is 5.46. The van der Waals surface area contributed by atoms with Crippen LogP contribution >= 0.6 is 0 Å². The molecule has 25 heavy (non-hydrogen) atoms. The molecule has 0 spiro atoms. The van der Waals surface area contributed by atoms with Crippen LogP contribution in [0.2, 0.25) is 0 Å². The number of rotatable bonds is 8. The molecule has 4 heteroatoms. The predicted molar refractivity (Wildman–Crippen MR) is 97.0 cm³/mol. The Labute approximate surface area is 147 Å². The maximum atomic E-state index is 10.3. The summed E-state index contributed by atoms with van der Waals surface area (Å²) in [5, 5.41) is 0. The van der Waals surface area contributed by atoms with Gasteiger partial charge in [0.2, 0.25) is 5.88 Å². The highest BCUT2D eigenvalue weighted by Crippen LogP contribution is 2.25. The largest absolute Gasteiger partial charge is 0.494 e. The van der Waals surface area contributed by atoms with Crippen LogP contribution in [0.15, 0.2) is 72.8 Å². The van der Waals surface area contributed by atoms with Crippen LogP contribution in [0.3, 0.4) is 0 Å². The molecule has 4 nitrogen and oxygen atoms in total. The van der Waals surface area contributed by atoms with E-state index in [0.29, 0.717) is 18.9 Å². The van der Waals surface area contributed by atoms with Crippen LogP contribution in [0.1, 0.15) is 12.8 Å². The van der Waals surface area contributed by atoms with Crippen molar-refractivity contribution in [3.05, 3.63) is 72.8 Å². The van der Waals surface area contributed by atoms with Gasteiger partial charge in [-0.15, -0.1) is 0 Å². The number of unbranched alkanes of at least 4 members (excludes halogenated alkanes) is 1. The minimum Gasteiger partial charge on any atom is -0.494 e. The molecule has 0 fully saturated rings. The summed E-state index contributed by atoms with van der Waals surface area (Å²) < 4.78 is 11.4. The van der Waals surface area contributed by atoms with Crippen molar-refractivity contribution < 1.29 is 14.3 Å². The van der Waals surface area contributed by atoms with Crippen molar-refractivity contribution in [2.24, 2.45) is 0 Å². The van der Waals surface area contributed by atoms with Crippen molar-refractivity contribution in [3.63, 3.8) is 0 Å². The third kappa shape index (κ3) is 4.91. The normalized spacial score (nSPS) is 10.2. The van der Waals surface area contributed by atoms with Crippen LogP contribution < -0.4 is 9.47 Å². The molecule has 2 aromatic carbocycles. The Bertz CT molecular complexity index is 801. The van der Waals surface area contributed by atoms with Crippen LogP contribution in [0.4, 0.5) is 0 Å². The molecular formula is C21H19NO3. The smallest absolute Gasteiger partial charge is 0.219 e. The van der Waals surface area contributed by atoms with Crippen LogP contribution in [-0.4, -0.2) is 17.9 Å². The van der Waals surface area contributed by atoms with Crippen molar-refractivity contribution in [1.29, 1.82) is 0 Å². The minimum atomic E-state index is 0.524. The minimum absolute atomic E-state index is 0.524. The van der Waals surface area contributed by atoms with Gasteiger partial charge in [0.05, 0.1) is 12.3 Å². The summed E-state index contributed by atoms with van der Waals surface area (Å²) >= 11 is 0. The maximum Gasteiger partial charge on any atom is 0.219 e. The summed E-state index contributed by atoms with van der Waals surface area (Å²) in [6.07, 6.45) is 2.16. The maximum absolute atomic E-state index is 10.3. The van der Waals surface area contributed by atoms with E-state index in [0.717, 1.165) is 35.5 Å². The number of nitrogens with zero attached hydrogens (tertiary/aromatic N) is 1. The molecule has 0 unspecified atom stereocenters. The van der Waals surface area contributed by atoms with E-state index in [4.69, 9.17) is 9.47 Å². The van der Waals surface area contributed by atoms with Gasteiger partial charge >= 0.3 is 0 Å². The number of benzene rings is 2. The van der Waals surface area contributed by atoms with Crippen LogP contribution in [-0.2, 0) is 4.79 Å². The molecule has 0 saturated heterocycles. The number of hydrogen-bond acceptors (Lipinski definition) is 4. The predicted octanol–water partition coefficient (Wildman–Crippen LogP) is 4.90. The summed E-state index contributed by atoms with van der Waals surface area (Å²) in [7, 11) is 0. The van der Waals surface area contributed by atoms with Gasteiger partial charge in [-0.1, -0.05) is 24.3 Å². The van der Waals surface area contributed by atoms with E-state index in [1.54, 1.807) is 0 Å². The molecular weight excluding hydrogens is 314 g/mol. The number of para-hydroxylation sites is 1. The summed E-state index contributed by atoms with van der Waals surface area (Å²) in [6.45, 7) is 0.538. The Balaban J connectivity index is 1.67. The first kappa shape index (κ1) is 16.7. The van der Waals surface area contributed by atoms with Gasteiger partial charge in [-0.05, 0) is 48.9 Å². The molecule has 0 bridgehead atoms. The summed E-state index contributed by atoms with van der Waals surface area (Å²) in [5.74, 6) is 2.09. The highest BCUT2D eigenvalue weighted by molar-refractivity contribution is 5.60. The highest BCUT2D eigenvalue weighted by Gasteiger charge is 2.04. The molecule has 0 aliphatic carbocycles.